The Morgan fingerprint density at radius 1 is 1.11 bits per heavy atom. The Hall–Kier alpha value is -1.10. The van der Waals surface area contributed by atoms with Crippen LogP contribution < -0.4 is 10.2 Å². The molecule has 0 aromatic carbocycles. The van der Waals surface area contributed by atoms with E-state index in [-0.39, 0.29) is 0 Å². The highest BCUT2D eigenvalue weighted by Gasteiger charge is 2.18. The van der Waals surface area contributed by atoms with Crippen molar-refractivity contribution in [1.82, 2.24) is 15.5 Å². The van der Waals surface area contributed by atoms with Gasteiger partial charge in [-0.2, -0.15) is 4.98 Å². The molecule has 0 radical (unpaired) electrons. The van der Waals surface area contributed by atoms with Crippen molar-refractivity contribution in [2.24, 2.45) is 0 Å². The molecule has 1 aromatic heterocycles. The maximum Gasteiger partial charge on any atom is 0.266 e. The Bertz CT molecular complexity index is 367. The summed E-state index contributed by atoms with van der Waals surface area (Å²) in [6, 6.07) is 0.648. The average molecular weight is 250 g/mol. The van der Waals surface area contributed by atoms with E-state index in [4.69, 9.17) is 4.52 Å². The van der Waals surface area contributed by atoms with Crippen molar-refractivity contribution < 1.29 is 4.52 Å². The van der Waals surface area contributed by atoms with Gasteiger partial charge in [0, 0.05) is 19.1 Å². The zero-order chi connectivity index (χ0) is 12.2. The van der Waals surface area contributed by atoms with Crippen LogP contribution in [-0.2, 0) is 6.54 Å². The number of rotatable bonds is 4. The van der Waals surface area contributed by atoms with Crippen LogP contribution >= 0.6 is 0 Å². The van der Waals surface area contributed by atoms with Gasteiger partial charge in [-0.3, -0.25) is 0 Å². The van der Waals surface area contributed by atoms with E-state index in [0.29, 0.717) is 12.6 Å². The molecule has 0 bridgehead atoms. The van der Waals surface area contributed by atoms with Crippen LogP contribution in [-0.4, -0.2) is 29.3 Å². The zero-order valence-electron chi connectivity index (χ0n) is 10.9. The van der Waals surface area contributed by atoms with Gasteiger partial charge in [-0.25, -0.2) is 0 Å². The smallest absolute Gasteiger partial charge is 0.266 e. The van der Waals surface area contributed by atoms with Gasteiger partial charge in [-0.1, -0.05) is 12.8 Å². The summed E-state index contributed by atoms with van der Waals surface area (Å²) in [7, 11) is 0. The van der Waals surface area contributed by atoms with Gasteiger partial charge in [0.15, 0.2) is 0 Å². The van der Waals surface area contributed by atoms with Gasteiger partial charge in [0.05, 0.1) is 6.54 Å². The lowest BCUT2D eigenvalue weighted by Crippen LogP contribution is -2.30. The van der Waals surface area contributed by atoms with E-state index in [2.05, 4.69) is 20.4 Å². The fraction of sp³-hybridized carbons (Fsp3) is 0.846. The summed E-state index contributed by atoms with van der Waals surface area (Å²) in [6.45, 7) is 2.84. The lowest BCUT2D eigenvalue weighted by molar-refractivity contribution is 0.355. The minimum absolute atomic E-state index is 0.648. The van der Waals surface area contributed by atoms with Crippen molar-refractivity contribution in [2.45, 2.75) is 57.5 Å². The standard InChI is InChI=1S/C13H22N4O/c1-4-8-17(9-5-1)13-15-12(18-16-13)10-14-11-6-2-3-7-11/h11,14H,1-10H2. The van der Waals surface area contributed by atoms with Crippen LogP contribution in [0.4, 0.5) is 5.95 Å². The predicted octanol–water partition coefficient (Wildman–Crippen LogP) is 2.09. The minimum Gasteiger partial charge on any atom is -0.338 e. The molecule has 1 aliphatic carbocycles. The number of piperidine rings is 1. The molecule has 100 valence electrons. The van der Waals surface area contributed by atoms with Crippen LogP contribution in [0.5, 0.6) is 0 Å². The van der Waals surface area contributed by atoms with Crippen molar-refractivity contribution in [3.8, 4) is 0 Å². The third kappa shape index (κ3) is 2.83. The Labute approximate surface area is 108 Å². The van der Waals surface area contributed by atoms with Crippen molar-refractivity contribution in [2.75, 3.05) is 18.0 Å². The SMILES string of the molecule is C1CCN(c2noc(CNC3CCCC3)n2)CC1. The third-order valence-corrected chi connectivity index (χ3v) is 3.99. The van der Waals surface area contributed by atoms with Crippen molar-refractivity contribution in [3.63, 3.8) is 0 Å². The van der Waals surface area contributed by atoms with Gasteiger partial charge in [-0.05, 0) is 37.3 Å². The number of hydrogen-bond donors (Lipinski definition) is 1. The van der Waals surface area contributed by atoms with E-state index in [9.17, 15) is 0 Å². The number of anilines is 1. The first kappa shape index (κ1) is 12.0. The Morgan fingerprint density at radius 3 is 2.67 bits per heavy atom. The first-order valence-corrected chi connectivity index (χ1v) is 7.23. The van der Waals surface area contributed by atoms with E-state index in [0.717, 1.165) is 24.9 Å². The van der Waals surface area contributed by atoms with Crippen LogP contribution in [0.3, 0.4) is 0 Å². The maximum absolute atomic E-state index is 5.31. The summed E-state index contributed by atoms with van der Waals surface area (Å²) < 4.78 is 5.31. The monoisotopic (exact) mass is 250 g/mol. The summed E-state index contributed by atoms with van der Waals surface area (Å²) in [5.74, 6) is 1.50. The largest absolute Gasteiger partial charge is 0.338 e. The molecule has 0 unspecified atom stereocenters. The van der Waals surface area contributed by atoms with E-state index < -0.39 is 0 Å². The molecular weight excluding hydrogens is 228 g/mol. The van der Waals surface area contributed by atoms with Gasteiger partial charge in [0.1, 0.15) is 0 Å². The summed E-state index contributed by atoms with van der Waals surface area (Å²) >= 11 is 0. The Morgan fingerprint density at radius 2 is 1.89 bits per heavy atom. The van der Waals surface area contributed by atoms with E-state index in [1.165, 1.54) is 44.9 Å². The normalized spacial score (nSPS) is 21.7. The molecule has 0 atom stereocenters. The third-order valence-electron chi connectivity index (χ3n) is 3.99. The molecule has 3 rings (SSSR count). The second kappa shape index (κ2) is 5.69. The van der Waals surface area contributed by atoms with Crippen LogP contribution in [0.1, 0.15) is 50.8 Å². The molecule has 1 N–H and O–H groups in total. The van der Waals surface area contributed by atoms with Gasteiger partial charge in [-0.15, -0.1) is 0 Å². The first-order valence-electron chi connectivity index (χ1n) is 7.23. The fourth-order valence-corrected chi connectivity index (χ4v) is 2.90. The number of nitrogens with one attached hydrogen (secondary N) is 1. The highest BCUT2D eigenvalue weighted by Crippen LogP contribution is 2.19. The molecule has 2 aliphatic rings. The molecule has 1 aromatic rings. The molecule has 2 fully saturated rings. The molecular formula is C13H22N4O. The summed E-state index contributed by atoms with van der Waals surface area (Å²) in [5.41, 5.74) is 0. The highest BCUT2D eigenvalue weighted by atomic mass is 16.5. The fourth-order valence-electron chi connectivity index (χ4n) is 2.90. The zero-order valence-corrected chi connectivity index (χ0v) is 10.9. The second-order valence-electron chi connectivity index (χ2n) is 5.40. The molecule has 5 nitrogen and oxygen atoms in total. The topological polar surface area (TPSA) is 54.2 Å². The number of hydrogen-bond acceptors (Lipinski definition) is 5. The quantitative estimate of drug-likeness (QED) is 0.886. The van der Waals surface area contributed by atoms with Crippen molar-refractivity contribution >= 4 is 5.95 Å². The van der Waals surface area contributed by atoms with Gasteiger partial charge < -0.3 is 14.7 Å². The van der Waals surface area contributed by atoms with Crippen LogP contribution in [0.15, 0.2) is 4.52 Å². The number of nitrogens with zero attached hydrogens (tertiary/aromatic N) is 3. The first-order chi connectivity index (χ1) is 8.92. The maximum atomic E-state index is 5.31. The summed E-state index contributed by atoms with van der Waals surface area (Å²) in [4.78, 5) is 6.71. The summed E-state index contributed by atoms with van der Waals surface area (Å²) in [6.07, 6.45) is 9.07. The highest BCUT2D eigenvalue weighted by molar-refractivity contribution is 5.27. The lowest BCUT2D eigenvalue weighted by atomic mass is 10.1. The molecule has 1 aliphatic heterocycles. The average Bonchev–Trinajstić information content (AvgIpc) is 3.09. The Balaban J connectivity index is 1.52. The van der Waals surface area contributed by atoms with Crippen molar-refractivity contribution in [3.05, 3.63) is 5.89 Å². The van der Waals surface area contributed by atoms with E-state index >= 15 is 0 Å². The Kier molecular flexibility index (Phi) is 3.78. The van der Waals surface area contributed by atoms with Gasteiger partial charge in [0.2, 0.25) is 5.89 Å². The molecule has 0 spiro atoms. The van der Waals surface area contributed by atoms with Gasteiger partial charge >= 0.3 is 0 Å². The van der Waals surface area contributed by atoms with Crippen LogP contribution in [0.25, 0.3) is 0 Å². The van der Waals surface area contributed by atoms with Gasteiger partial charge in [0.25, 0.3) is 5.95 Å². The molecule has 18 heavy (non-hydrogen) atoms. The second-order valence-corrected chi connectivity index (χ2v) is 5.40. The van der Waals surface area contributed by atoms with Crippen LogP contribution in [0.2, 0.25) is 0 Å². The van der Waals surface area contributed by atoms with E-state index in [1.807, 2.05) is 0 Å². The van der Waals surface area contributed by atoms with Crippen LogP contribution in [0, 0.1) is 0 Å². The predicted molar refractivity (Wildman–Crippen MR) is 69.5 cm³/mol. The summed E-state index contributed by atoms with van der Waals surface area (Å²) in [5, 5.41) is 7.58. The van der Waals surface area contributed by atoms with Crippen molar-refractivity contribution in [1.29, 1.82) is 0 Å². The van der Waals surface area contributed by atoms with E-state index in [1.54, 1.807) is 0 Å². The number of aromatic nitrogens is 2. The minimum atomic E-state index is 0.648. The molecule has 5 heteroatoms. The lowest BCUT2D eigenvalue weighted by Gasteiger charge is -2.24. The molecule has 1 saturated heterocycles. The molecule has 1 saturated carbocycles. The molecule has 0 amide bonds. The molecule has 2 heterocycles.